The number of piperidine rings is 1. The second-order valence-electron chi connectivity index (χ2n) is 11.5. The largest absolute Gasteiger partial charge is 0.373 e. The summed E-state index contributed by atoms with van der Waals surface area (Å²) in [6.45, 7) is 0.943. The highest BCUT2D eigenvalue weighted by atomic mass is 35.5. The first-order valence-corrected chi connectivity index (χ1v) is 16.2. The molecule has 7 rings (SSSR count). The first-order chi connectivity index (χ1) is 19.7. The number of amides is 1. The van der Waals surface area contributed by atoms with E-state index >= 15 is 4.39 Å². The lowest BCUT2D eigenvalue weighted by Crippen LogP contribution is -2.39. The lowest BCUT2D eigenvalue weighted by atomic mass is 10.0. The number of halogens is 3. The Morgan fingerprint density at radius 2 is 1.88 bits per heavy atom. The number of carbonyl (C=O) groups is 1. The Morgan fingerprint density at radius 3 is 2.51 bits per heavy atom. The Labute approximate surface area is 247 Å². The van der Waals surface area contributed by atoms with Gasteiger partial charge in [0.2, 0.25) is 10.0 Å². The van der Waals surface area contributed by atoms with E-state index in [0.717, 1.165) is 43.1 Å². The van der Waals surface area contributed by atoms with E-state index in [1.54, 1.807) is 24.3 Å². The van der Waals surface area contributed by atoms with E-state index in [9.17, 15) is 13.2 Å². The molecule has 3 aliphatic carbocycles. The fourth-order valence-electron chi connectivity index (χ4n) is 6.18. The Hall–Kier alpha value is -2.66. The molecule has 4 aliphatic rings. The molecule has 2 aromatic carbocycles. The third kappa shape index (κ3) is 5.13. The van der Waals surface area contributed by atoms with Gasteiger partial charge in [0.05, 0.1) is 33.7 Å². The summed E-state index contributed by atoms with van der Waals surface area (Å²) < 4.78 is 53.6. The molecule has 41 heavy (non-hydrogen) atoms. The van der Waals surface area contributed by atoms with Gasteiger partial charge in [-0.25, -0.2) is 17.5 Å². The molecule has 12 heteroatoms. The smallest absolute Gasteiger partial charge is 0.264 e. The third-order valence-corrected chi connectivity index (χ3v) is 11.1. The van der Waals surface area contributed by atoms with Crippen molar-refractivity contribution in [2.45, 2.75) is 68.4 Å². The summed E-state index contributed by atoms with van der Waals surface area (Å²) in [5.74, 6) is 0.00910. The lowest BCUT2D eigenvalue weighted by molar-refractivity contribution is 0.0122. The van der Waals surface area contributed by atoms with Gasteiger partial charge in [-0.15, -0.1) is 0 Å². The average Bonchev–Trinajstić information content (AvgIpc) is 3.86. The van der Waals surface area contributed by atoms with Crippen LogP contribution in [-0.4, -0.2) is 43.4 Å². The van der Waals surface area contributed by atoms with Crippen molar-refractivity contribution in [2.75, 3.05) is 11.4 Å². The van der Waals surface area contributed by atoms with Gasteiger partial charge < -0.3 is 14.2 Å². The van der Waals surface area contributed by atoms with Crippen molar-refractivity contribution in [3.05, 3.63) is 69.1 Å². The molecule has 4 fully saturated rings. The van der Waals surface area contributed by atoms with Gasteiger partial charge in [0.15, 0.2) is 0 Å². The van der Waals surface area contributed by atoms with Crippen molar-refractivity contribution < 1.29 is 26.9 Å². The van der Waals surface area contributed by atoms with Crippen LogP contribution in [0.2, 0.25) is 10.0 Å². The number of hydrogen-bond acceptors (Lipinski definition) is 7. The van der Waals surface area contributed by atoms with Gasteiger partial charge >= 0.3 is 0 Å². The summed E-state index contributed by atoms with van der Waals surface area (Å²) in [6, 6.07) is 9.58. The molecule has 3 atom stereocenters. The van der Waals surface area contributed by atoms with Gasteiger partial charge in [0.25, 0.3) is 5.91 Å². The Morgan fingerprint density at radius 1 is 1.12 bits per heavy atom. The van der Waals surface area contributed by atoms with Crippen LogP contribution in [-0.2, 0) is 21.4 Å². The number of carbonyl (C=O) groups excluding carboxylic acids is 1. The highest BCUT2D eigenvalue weighted by molar-refractivity contribution is 7.91. The van der Waals surface area contributed by atoms with Crippen LogP contribution in [0.25, 0.3) is 11.3 Å². The van der Waals surface area contributed by atoms with Gasteiger partial charge in [0.1, 0.15) is 17.3 Å². The topological polar surface area (TPSA) is 102 Å². The quantitative estimate of drug-likeness (QED) is 0.310. The van der Waals surface area contributed by atoms with Gasteiger partial charge in [0, 0.05) is 41.1 Å². The number of nitrogens with one attached hydrogen (secondary N) is 1. The van der Waals surface area contributed by atoms with E-state index in [4.69, 9.17) is 32.5 Å². The summed E-state index contributed by atoms with van der Waals surface area (Å²) in [7, 11) is -3.70. The van der Waals surface area contributed by atoms with Gasteiger partial charge in [-0.2, -0.15) is 0 Å². The standard InChI is InChI=1S/C29H28Cl2FN3O5S/c30-21-2-1-3-22(31)26(21)27-20(28(40-33-27)15-4-5-15)14-39-25-12-18-10-17(25)13-35(18)24-9-6-16(11-23(24)32)29(36)34-41(37,38)19-7-8-19/h1-3,6,9,11,15,17-19,25H,4-5,7-8,10,12-14H2,(H,34,36)/t17-,18-,25+/m0/s1. The molecule has 3 saturated carbocycles. The number of ether oxygens (including phenoxy) is 1. The molecule has 1 amide bonds. The molecule has 1 N–H and O–H groups in total. The van der Waals surface area contributed by atoms with Crippen molar-refractivity contribution >= 4 is 44.8 Å². The van der Waals surface area contributed by atoms with Crippen LogP contribution in [0.1, 0.15) is 66.1 Å². The fourth-order valence-corrected chi connectivity index (χ4v) is 8.05. The second-order valence-corrected chi connectivity index (χ2v) is 14.2. The van der Waals surface area contributed by atoms with Crippen LogP contribution in [0, 0.1) is 11.7 Å². The fraction of sp³-hybridized carbons (Fsp3) is 0.448. The van der Waals surface area contributed by atoms with Crippen molar-refractivity contribution in [1.82, 2.24) is 9.88 Å². The van der Waals surface area contributed by atoms with Crippen molar-refractivity contribution in [2.24, 2.45) is 5.92 Å². The van der Waals surface area contributed by atoms with Crippen LogP contribution in [0.3, 0.4) is 0 Å². The lowest BCUT2D eigenvalue weighted by Gasteiger charge is -2.33. The Kier molecular flexibility index (Phi) is 6.80. The average molecular weight is 621 g/mol. The summed E-state index contributed by atoms with van der Waals surface area (Å²) in [6.07, 6.45) is 4.76. The van der Waals surface area contributed by atoms with Crippen molar-refractivity contribution in [1.29, 1.82) is 0 Å². The molecule has 2 bridgehead atoms. The molecule has 3 aromatic rings. The van der Waals surface area contributed by atoms with Gasteiger partial charge in [-0.3, -0.25) is 4.79 Å². The van der Waals surface area contributed by atoms with Gasteiger partial charge in [-0.1, -0.05) is 34.4 Å². The second kappa shape index (κ2) is 10.3. The molecule has 0 radical (unpaired) electrons. The third-order valence-electron chi connectivity index (χ3n) is 8.60. The molecule has 0 spiro atoms. The normalized spacial score (nSPS) is 23.8. The minimum atomic E-state index is -3.70. The summed E-state index contributed by atoms with van der Waals surface area (Å²) >= 11 is 13.0. The molecular formula is C29H28Cl2FN3O5S. The van der Waals surface area contributed by atoms with Crippen LogP contribution in [0.4, 0.5) is 10.1 Å². The number of rotatable bonds is 9. The maximum atomic E-state index is 15.2. The molecule has 2 heterocycles. The molecule has 216 valence electrons. The Balaban J connectivity index is 1.03. The molecule has 1 aromatic heterocycles. The number of sulfonamides is 1. The van der Waals surface area contributed by atoms with Crippen molar-refractivity contribution in [3.8, 4) is 11.3 Å². The predicted molar refractivity (Wildman–Crippen MR) is 152 cm³/mol. The molecule has 8 nitrogen and oxygen atoms in total. The van der Waals surface area contributed by atoms with Gasteiger partial charge in [-0.05, 0) is 68.9 Å². The molecule has 1 aliphatic heterocycles. The number of hydrogen-bond donors (Lipinski definition) is 1. The molecule has 0 unspecified atom stereocenters. The Bertz CT molecular complexity index is 1620. The molecular weight excluding hydrogens is 592 g/mol. The summed E-state index contributed by atoms with van der Waals surface area (Å²) in [4.78, 5) is 14.4. The van der Waals surface area contributed by atoms with E-state index in [0.29, 0.717) is 58.9 Å². The molecule has 1 saturated heterocycles. The maximum absolute atomic E-state index is 15.2. The first kappa shape index (κ1) is 27.2. The zero-order valence-corrected chi connectivity index (χ0v) is 24.3. The van der Waals surface area contributed by atoms with E-state index in [-0.39, 0.29) is 23.6 Å². The minimum absolute atomic E-state index is 0.00601. The zero-order valence-electron chi connectivity index (χ0n) is 22.0. The van der Waals surface area contributed by atoms with Crippen LogP contribution in [0.15, 0.2) is 40.9 Å². The number of benzene rings is 2. The summed E-state index contributed by atoms with van der Waals surface area (Å²) in [5.41, 5.74) is 2.52. The minimum Gasteiger partial charge on any atom is -0.373 e. The first-order valence-electron chi connectivity index (χ1n) is 13.9. The van der Waals surface area contributed by atoms with Crippen molar-refractivity contribution in [3.63, 3.8) is 0 Å². The zero-order chi connectivity index (χ0) is 28.5. The summed E-state index contributed by atoms with van der Waals surface area (Å²) in [5, 5.41) is 4.81. The SMILES string of the molecule is O=C(NS(=O)(=O)C1CC1)c1ccc(N2C[C@@H]3C[C@H]2C[C@H]3OCc2c(-c3c(Cl)cccc3Cl)noc2C2CC2)c(F)c1. The van der Waals surface area contributed by atoms with E-state index in [1.165, 1.54) is 6.07 Å². The maximum Gasteiger partial charge on any atom is 0.264 e. The van der Waals surface area contributed by atoms with Crippen LogP contribution < -0.4 is 9.62 Å². The predicted octanol–water partition coefficient (Wildman–Crippen LogP) is 6.07. The number of aromatic nitrogens is 1. The monoisotopic (exact) mass is 619 g/mol. The van der Waals surface area contributed by atoms with E-state index < -0.39 is 27.0 Å². The van der Waals surface area contributed by atoms with E-state index in [2.05, 4.69) is 9.88 Å². The van der Waals surface area contributed by atoms with Crippen LogP contribution >= 0.6 is 23.2 Å². The number of nitrogens with zero attached hydrogens (tertiary/aromatic N) is 2. The number of anilines is 1. The van der Waals surface area contributed by atoms with Crippen LogP contribution in [0.5, 0.6) is 0 Å². The van der Waals surface area contributed by atoms with E-state index in [1.807, 2.05) is 4.90 Å². The number of fused-ring (bicyclic) bond motifs is 2. The highest BCUT2D eigenvalue weighted by Gasteiger charge is 2.46. The highest BCUT2D eigenvalue weighted by Crippen LogP contribution is 2.47.